The second kappa shape index (κ2) is 8.66. The molecule has 2 atom stereocenters. The van der Waals surface area contributed by atoms with Crippen molar-refractivity contribution in [2.45, 2.75) is 32.4 Å². The number of amides is 1. The van der Waals surface area contributed by atoms with E-state index in [-0.39, 0.29) is 18.1 Å². The molecule has 3 rings (SSSR count). The van der Waals surface area contributed by atoms with E-state index >= 15 is 0 Å². The van der Waals surface area contributed by atoms with E-state index < -0.39 is 0 Å². The minimum Gasteiger partial charge on any atom is -0.493 e. The van der Waals surface area contributed by atoms with Crippen molar-refractivity contribution in [1.82, 2.24) is 5.32 Å². The van der Waals surface area contributed by atoms with Crippen molar-refractivity contribution in [3.63, 3.8) is 0 Å². The lowest BCUT2D eigenvalue weighted by atomic mass is 10.1. The number of para-hydroxylation sites is 2. The van der Waals surface area contributed by atoms with Gasteiger partial charge in [0.15, 0.2) is 29.1 Å². The van der Waals surface area contributed by atoms with Crippen LogP contribution in [0, 0.1) is 0 Å². The number of fused-ring (bicyclic) bond motifs is 1. The molecule has 0 unspecified atom stereocenters. The van der Waals surface area contributed by atoms with Gasteiger partial charge in [0.25, 0.3) is 5.91 Å². The zero-order chi connectivity index (χ0) is 19.2. The average molecular weight is 371 g/mol. The summed E-state index contributed by atoms with van der Waals surface area (Å²) in [6.07, 6.45) is 0.632. The van der Waals surface area contributed by atoms with Crippen LogP contribution in [0.4, 0.5) is 0 Å². The van der Waals surface area contributed by atoms with Gasteiger partial charge in [-0.1, -0.05) is 19.1 Å². The number of rotatable bonds is 7. The Labute approximate surface area is 159 Å². The highest BCUT2D eigenvalue weighted by atomic mass is 16.6. The van der Waals surface area contributed by atoms with Crippen LogP contribution in [-0.2, 0) is 0 Å². The number of ether oxygens (including phenoxy) is 4. The van der Waals surface area contributed by atoms with Crippen molar-refractivity contribution in [2.24, 2.45) is 0 Å². The molecule has 1 N–H and O–H groups in total. The summed E-state index contributed by atoms with van der Waals surface area (Å²) in [5.74, 6) is 2.37. The summed E-state index contributed by atoms with van der Waals surface area (Å²) < 4.78 is 22.6. The fourth-order valence-corrected chi connectivity index (χ4v) is 2.81. The topological polar surface area (TPSA) is 66.0 Å². The summed E-state index contributed by atoms with van der Waals surface area (Å²) >= 11 is 0. The van der Waals surface area contributed by atoms with E-state index in [1.807, 2.05) is 38.1 Å². The first-order valence-electron chi connectivity index (χ1n) is 9.12. The zero-order valence-corrected chi connectivity index (χ0v) is 15.9. The highest BCUT2D eigenvalue weighted by molar-refractivity contribution is 5.95. The molecule has 6 nitrogen and oxygen atoms in total. The SMILES string of the molecule is CCCOc1ccc(C(=O)N[C@H](C)[C@@H]2COc3ccccc3O2)cc1OC. The Morgan fingerprint density at radius 2 is 2.00 bits per heavy atom. The quantitative estimate of drug-likeness (QED) is 0.808. The second-order valence-corrected chi connectivity index (χ2v) is 6.39. The van der Waals surface area contributed by atoms with Crippen LogP contribution in [-0.4, -0.2) is 38.4 Å². The van der Waals surface area contributed by atoms with Gasteiger partial charge in [-0.3, -0.25) is 4.79 Å². The number of hydrogen-bond acceptors (Lipinski definition) is 5. The average Bonchev–Trinajstić information content (AvgIpc) is 2.71. The Morgan fingerprint density at radius 1 is 1.22 bits per heavy atom. The molecule has 0 radical (unpaired) electrons. The monoisotopic (exact) mass is 371 g/mol. The minimum atomic E-state index is -0.266. The van der Waals surface area contributed by atoms with Crippen LogP contribution in [0.25, 0.3) is 0 Å². The lowest BCUT2D eigenvalue weighted by Crippen LogP contribution is -2.48. The number of hydrogen-bond donors (Lipinski definition) is 1. The number of carbonyl (C=O) groups excluding carboxylic acids is 1. The first-order chi connectivity index (χ1) is 13.1. The van der Waals surface area contributed by atoms with Crippen LogP contribution in [0.2, 0.25) is 0 Å². The summed E-state index contributed by atoms with van der Waals surface area (Å²) in [4.78, 5) is 12.6. The van der Waals surface area contributed by atoms with E-state index in [1.54, 1.807) is 25.3 Å². The summed E-state index contributed by atoms with van der Waals surface area (Å²) in [6.45, 7) is 4.91. The molecule has 0 aromatic heterocycles. The molecule has 0 saturated heterocycles. The normalized spacial score (nSPS) is 16.3. The van der Waals surface area contributed by atoms with Crippen molar-refractivity contribution in [3.05, 3.63) is 48.0 Å². The lowest BCUT2D eigenvalue weighted by molar-refractivity contribution is 0.0606. The molecule has 1 aliphatic heterocycles. The summed E-state index contributed by atoms with van der Waals surface area (Å²) in [5, 5.41) is 2.97. The molecular formula is C21H25NO5. The highest BCUT2D eigenvalue weighted by Gasteiger charge is 2.27. The number of nitrogens with one attached hydrogen (secondary N) is 1. The van der Waals surface area contributed by atoms with Crippen LogP contribution in [0.15, 0.2) is 42.5 Å². The summed E-state index contributed by atoms with van der Waals surface area (Å²) in [7, 11) is 1.56. The largest absolute Gasteiger partial charge is 0.493 e. The predicted molar refractivity (Wildman–Crippen MR) is 102 cm³/mol. The van der Waals surface area contributed by atoms with Gasteiger partial charge in [0.2, 0.25) is 0 Å². The van der Waals surface area contributed by atoms with Crippen LogP contribution in [0.5, 0.6) is 23.0 Å². The fraction of sp³-hybridized carbons (Fsp3) is 0.381. The Bertz CT molecular complexity index is 792. The molecule has 0 spiro atoms. The van der Waals surface area contributed by atoms with Gasteiger partial charge in [0, 0.05) is 5.56 Å². The van der Waals surface area contributed by atoms with Crippen molar-refractivity contribution >= 4 is 5.91 Å². The van der Waals surface area contributed by atoms with E-state index in [1.165, 1.54) is 0 Å². The lowest BCUT2D eigenvalue weighted by Gasteiger charge is -2.30. The zero-order valence-electron chi connectivity index (χ0n) is 15.9. The van der Waals surface area contributed by atoms with Gasteiger partial charge in [-0.05, 0) is 43.7 Å². The Balaban J connectivity index is 1.64. The van der Waals surface area contributed by atoms with Gasteiger partial charge in [-0.25, -0.2) is 0 Å². The van der Waals surface area contributed by atoms with Gasteiger partial charge in [-0.2, -0.15) is 0 Å². The third-order valence-corrected chi connectivity index (χ3v) is 4.33. The molecule has 2 aromatic rings. The number of benzene rings is 2. The molecule has 27 heavy (non-hydrogen) atoms. The van der Waals surface area contributed by atoms with Crippen LogP contribution < -0.4 is 24.3 Å². The molecule has 1 amide bonds. The standard InChI is InChI=1S/C21H25NO5/c1-4-11-25-17-10-9-15(12-19(17)24-3)21(23)22-14(2)20-13-26-16-7-5-6-8-18(16)27-20/h5-10,12,14,20H,4,11,13H2,1-3H3,(H,22,23)/t14-,20+/m1/s1. The maximum atomic E-state index is 12.6. The van der Waals surface area contributed by atoms with Gasteiger partial charge in [0.05, 0.1) is 19.8 Å². The van der Waals surface area contributed by atoms with Gasteiger partial charge < -0.3 is 24.3 Å². The van der Waals surface area contributed by atoms with Crippen molar-refractivity contribution in [1.29, 1.82) is 0 Å². The van der Waals surface area contributed by atoms with Crippen LogP contribution >= 0.6 is 0 Å². The first kappa shape index (κ1) is 18.9. The summed E-state index contributed by atoms with van der Waals surface area (Å²) in [5.41, 5.74) is 0.500. The number of carbonyl (C=O) groups is 1. The molecular weight excluding hydrogens is 346 g/mol. The number of methoxy groups -OCH3 is 1. The maximum absolute atomic E-state index is 12.6. The van der Waals surface area contributed by atoms with Gasteiger partial charge in [-0.15, -0.1) is 0 Å². The second-order valence-electron chi connectivity index (χ2n) is 6.39. The molecule has 0 aliphatic carbocycles. The van der Waals surface area contributed by atoms with E-state index in [4.69, 9.17) is 18.9 Å². The third-order valence-electron chi connectivity index (χ3n) is 4.33. The molecule has 144 valence electrons. The van der Waals surface area contributed by atoms with E-state index in [2.05, 4.69) is 5.32 Å². The Morgan fingerprint density at radius 3 is 2.74 bits per heavy atom. The molecule has 0 fully saturated rings. The molecule has 0 saturated carbocycles. The summed E-state index contributed by atoms with van der Waals surface area (Å²) in [6, 6.07) is 12.4. The maximum Gasteiger partial charge on any atom is 0.251 e. The molecule has 1 heterocycles. The first-order valence-corrected chi connectivity index (χ1v) is 9.12. The van der Waals surface area contributed by atoms with Crippen LogP contribution in [0.3, 0.4) is 0 Å². The molecule has 0 bridgehead atoms. The fourth-order valence-electron chi connectivity index (χ4n) is 2.81. The smallest absolute Gasteiger partial charge is 0.251 e. The van der Waals surface area contributed by atoms with Crippen LogP contribution in [0.1, 0.15) is 30.6 Å². The molecule has 6 heteroatoms. The van der Waals surface area contributed by atoms with Crippen molar-refractivity contribution < 1.29 is 23.7 Å². The van der Waals surface area contributed by atoms with Crippen molar-refractivity contribution in [3.8, 4) is 23.0 Å². The Kier molecular flexibility index (Phi) is 6.06. The van der Waals surface area contributed by atoms with E-state index in [0.29, 0.717) is 36.0 Å². The van der Waals surface area contributed by atoms with E-state index in [0.717, 1.165) is 12.2 Å². The molecule has 2 aromatic carbocycles. The molecule has 1 aliphatic rings. The van der Waals surface area contributed by atoms with Gasteiger partial charge in [0.1, 0.15) is 6.61 Å². The predicted octanol–water partition coefficient (Wildman–Crippen LogP) is 3.44. The highest BCUT2D eigenvalue weighted by Crippen LogP contribution is 2.32. The minimum absolute atomic E-state index is 0.203. The van der Waals surface area contributed by atoms with E-state index in [9.17, 15) is 4.79 Å². The Hall–Kier alpha value is -2.89. The van der Waals surface area contributed by atoms with Crippen molar-refractivity contribution in [2.75, 3.05) is 20.3 Å². The van der Waals surface area contributed by atoms with Gasteiger partial charge >= 0.3 is 0 Å². The third kappa shape index (κ3) is 4.45.